The zero-order valence-corrected chi connectivity index (χ0v) is 10.1. The van der Waals surface area contributed by atoms with Gasteiger partial charge >= 0.3 is 0 Å². The van der Waals surface area contributed by atoms with Crippen molar-refractivity contribution in [1.29, 1.82) is 0 Å². The molecule has 0 spiro atoms. The van der Waals surface area contributed by atoms with E-state index in [1.165, 1.54) is 25.1 Å². The van der Waals surface area contributed by atoms with Crippen molar-refractivity contribution in [1.82, 2.24) is 4.90 Å². The topological polar surface area (TPSA) is 38.5 Å². The summed E-state index contributed by atoms with van der Waals surface area (Å²) in [5, 5.41) is 0. The van der Waals surface area contributed by atoms with E-state index in [1.54, 1.807) is 7.11 Å². The first-order valence-corrected chi connectivity index (χ1v) is 5.80. The minimum Gasteiger partial charge on any atom is -0.497 e. The highest BCUT2D eigenvalue weighted by Crippen LogP contribution is 2.25. The number of anilines is 1. The van der Waals surface area contributed by atoms with Gasteiger partial charge in [0.15, 0.2) is 0 Å². The molecule has 0 bridgehead atoms. The van der Waals surface area contributed by atoms with Gasteiger partial charge in [-0.25, -0.2) is 0 Å². The van der Waals surface area contributed by atoms with Crippen LogP contribution in [-0.2, 0) is 6.42 Å². The highest BCUT2D eigenvalue weighted by Gasteiger charge is 2.20. The Morgan fingerprint density at radius 2 is 2.31 bits per heavy atom. The Labute approximate surface area is 97.2 Å². The smallest absolute Gasteiger partial charge is 0.119 e. The van der Waals surface area contributed by atoms with Crippen molar-refractivity contribution in [3.63, 3.8) is 0 Å². The summed E-state index contributed by atoms with van der Waals surface area (Å²) in [7, 11) is 3.87. The Kier molecular flexibility index (Phi) is 3.34. The van der Waals surface area contributed by atoms with Crippen molar-refractivity contribution < 1.29 is 4.74 Å². The van der Waals surface area contributed by atoms with Crippen LogP contribution in [0.5, 0.6) is 5.75 Å². The molecule has 2 rings (SSSR count). The normalized spacial score (nSPS) is 21.2. The number of ether oxygens (including phenoxy) is 1. The van der Waals surface area contributed by atoms with E-state index in [9.17, 15) is 0 Å². The summed E-state index contributed by atoms with van der Waals surface area (Å²) in [6.45, 7) is 2.38. The third-order valence-corrected chi connectivity index (χ3v) is 3.35. The van der Waals surface area contributed by atoms with Crippen LogP contribution in [0.3, 0.4) is 0 Å². The minimum absolute atomic E-state index is 0.736. The Bertz CT molecular complexity index is 365. The van der Waals surface area contributed by atoms with Crippen LogP contribution < -0.4 is 10.5 Å². The summed E-state index contributed by atoms with van der Waals surface area (Å²) in [5.41, 5.74) is 8.09. The molecule has 88 valence electrons. The van der Waals surface area contributed by atoms with Crippen molar-refractivity contribution >= 4 is 5.69 Å². The fraction of sp³-hybridized carbons (Fsp3) is 0.538. The molecule has 1 aliphatic heterocycles. The fourth-order valence-corrected chi connectivity index (χ4v) is 2.39. The van der Waals surface area contributed by atoms with E-state index in [4.69, 9.17) is 10.5 Å². The van der Waals surface area contributed by atoms with E-state index >= 15 is 0 Å². The fourth-order valence-electron chi connectivity index (χ4n) is 2.39. The lowest BCUT2D eigenvalue weighted by Gasteiger charge is -2.13. The second-order valence-corrected chi connectivity index (χ2v) is 4.69. The molecule has 1 aliphatic rings. The van der Waals surface area contributed by atoms with Crippen molar-refractivity contribution in [2.24, 2.45) is 5.92 Å². The van der Waals surface area contributed by atoms with Crippen molar-refractivity contribution in [3.05, 3.63) is 23.8 Å². The molecule has 16 heavy (non-hydrogen) atoms. The molecule has 2 N–H and O–H groups in total. The number of nitrogens with zero attached hydrogens (tertiary/aromatic N) is 1. The number of rotatable bonds is 3. The third kappa shape index (κ3) is 2.47. The van der Waals surface area contributed by atoms with E-state index in [2.05, 4.69) is 18.0 Å². The maximum absolute atomic E-state index is 5.99. The molecule has 1 aromatic carbocycles. The van der Waals surface area contributed by atoms with E-state index in [-0.39, 0.29) is 0 Å². The maximum atomic E-state index is 5.99. The number of hydrogen-bond donors (Lipinski definition) is 1. The molecule has 3 heteroatoms. The predicted octanol–water partition coefficient (Wildman–Crippen LogP) is 1.77. The van der Waals surface area contributed by atoms with Crippen LogP contribution in [0.15, 0.2) is 18.2 Å². The standard InChI is InChI=1S/C13H20N2O/c1-15-6-5-10(9-15)7-11-8-12(16-2)3-4-13(11)14/h3-4,8,10H,5-7,9,14H2,1-2H3. The molecule has 0 radical (unpaired) electrons. The average Bonchev–Trinajstić information content (AvgIpc) is 2.67. The Hall–Kier alpha value is -1.22. The van der Waals surface area contributed by atoms with E-state index in [1.807, 2.05) is 12.1 Å². The highest BCUT2D eigenvalue weighted by atomic mass is 16.5. The molecular weight excluding hydrogens is 200 g/mol. The van der Waals surface area contributed by atoms with Gasteiger partial charge in [-0.2, -0.15) is 0 Å². The van der Waals surface area contributed by atoms with Gasteiger partial charge in [0.1, 0.15) is 5.75 Å². The van der Waals surface area contributed by atoms with Crippen LogP contribution in [0.25, 0.3) is 0 Å². The van der Waals surface area contributed by atoms with Crippen LogP contribution in [0.4, 0.5) is 5.69 Å². The Morgan fingerprint density at radius 1 is 1.50 bits per heavy atom. The van der Waals surface area contributed by atoms with E-state index in [0.29, 0.717) is 0 Å². The molecule has 3 nitrogen and oxygen atoms in total. The lowest BCUT2D eigenvalue weighted by Crippen LogP contribution is -2.15. The van der Waals surface area contributed by atoms with Gasteiger partial charge in [-0.15, -0.1) is 0 Å². The second kappa shape index (κ2) is 4.74. The number of nitrogens with two attached hydrogens (primary N) is 1. The quantitative estimate of drug-likeness (QED) is 0.789. The molecule has 0 saturated carbocycles. The monoisotopic (exact) mass is 220 g/mol. The van der Waals surface area contributed by atoms with Crippen molar-refractivity contribution in [3.8, 4) is 5.75 Å². The van der Waals surface area contributed by atoms with Gasteiger partial charge in [0.05, 0.1) is 7.11 Å². The van der Waals surface area contributed by atoms with Gasteiger partial charge in [0, 0.05) is 12.2 Å². The lowest BCUT2D eigenvalue weighted by atomic mass is 9.97. The molecule has 1 unspecified atom stereocenters. The van der Waals surface area contributed by atoms with Gasteiger partial charge in [0.2, 0.25) is 0 Å². The van der Waals surface area contributed by atoms with Crippen LogP contribution in [0.2, 0.25) is 0 Å². The molecule has 1 atom stereocenters. The van der Waals surface area contributed by atoms with Crippen molar-refractivity contribution in [2.45, 2.75) is 12.8 Å². The van der Waals surface area contributed by atoms with Gasteiger partial charge in [-0.1, -0.05) is 0 Å². The molecule has 0 amide bonds. The molecule has 1 heterocycles. The summed E-state index contributed by atoms with van der Waals surface area (Å²) >= 11 is 0. The van der Waals surface area contributed by atoms with Crippen LogP contribution >= 0.6 is 0 Å². The lowest BCUT2D eigenvalue weighted by molar-refractivity contribution is 0.393. The highest BCUT2D eigenvalue weighted by molar-refractivity contribution is 5.50. The molecule has 1 fully saturated rings. The summed E-state index contributed by atoms with van der Waals surface area (Å²) in [6, 6.07) is 5.92. The SMILES string of the molecule is COc1ccc(N)c(CC2CCN(C)C2)c1. The number of benzene rings is 1. The number of nitrogen functional groups attached to an aromatic ring is 1. The van der Waals surface area contributed by atoms with Gasteiger partial charge < -0.3 is 15.4 Å². The van der Waals surface area contributed by atoms with E-state index < -0.39 is 0 Å². The number of likely N-dealkylation sites (tertiary alicyclic amines) is 1. The largest absolute Gasteiger partial charge is 0.497 e. The molecule has 0 aliphatic carbocycles. The van der Waals surface area contributed by atoms with E-state index in [0.717, 1.165) is 23.8 Å². The zero-order valence-electron chi connectivity index (χ0n) is 10.1. The molecular formula is C13H20N2O. The van der Waals surface area contributed by atoms with Crippen molar-refractivity contribution in [2.75, 3.05) is 33.0 Å². The van der Waals surface area contributed by atoms with Gasteiger partial charge in [-0.3, -0.25) is 0 Å². The van der Waals surface area contributed by atoms with Crippen LogP contribution in [-0.4, -0.2) is 32.1 Å². The zero-order chi connectivity index (χ0) is 11.5. The first-order chi connectivity index (χ1) is 7.69. The summed E-state index contributed by atoms with van der Waals surface area (Å²) in [4.78, 5) is 2.38. The second-order valence-electron chi connectivity index (χ2n) is 4.69. The van der Waals surface area contributed by atoms with Gasteiger partial charge in [-0.05, 0) is 56.1 Å². The number of methoxy groups -OCH3 is 1. The first kappa shape index (κ1) is 11.3. The summed E-state index contributed by atoms with van der Waals surface area (Å²) in [6.07, 6.45) is 2.33. The third-order valence-electron chi connectivity index (χ3n) is 3.35. The minimum atomic E-state index is 0.736. The van der Waals surface area contributed by atoms with Gasteiger partial charge in [0.25, 0.3) is 0 Å². The molecule has 1 saturated heterocycles. The van der Waals surface area contributed by atoms with Crippen LogP contribution in [0, 0.1) is 5.92 Å². The first-order valence-electron chi connectivity index (χ1n) is 5.80. The summed E-state index contributed by atoms with van der Waals surface area (Å²) in [5.74, 6) is 1.63. The van der Waals surface area contributed by atoms with Crippen LogP contribution in [0.1, 0.15) is 12.0 Å². The molecule has 0 aromatic heterocycles. The maximum Gasteiger partial charge on any atom is 0.119 e. The summed E-state index contributed by atoms with van der Waals surface area (Å²) < 4.78 is 5.23. The number of hydrogen-bond acceptors (Lipinski definition) is 3. The Morgan fingerprint density at radius 3 is 2.94 bits per heavy atom. The molecule has 1 aromatic rings. The predicted molar refractivity (Wildman–Crippen MR) is 66.7 cm³/mol. The average molecular weight is 220 g/mol. The Balaban J connectivity index is 2.08.